The van der Waals surface area contributed by atoms with Crippen LogP contribution in [-0.4, -0.2) is 57.7 Å². The lowest BCUT2D eigenvalue weighted by Crippen LogP contribution is -2.59. The highest BCUT2D eigenvalue weighted by atomic mass is 35.5. The summed E-state index contributed by atoms with van der Waals surface area (Å²) < 4.78 is 14.4. The Bertz CT molecular complexity index is 2320. The number of nitrogens with one attached hydrogen (secondary N) is 1. The van der Waals surface area contributed by atoms with Crippen LogP contribution in [0.25, 0.3) is 16.5 Å². The first-order valence-electron chi connectivity index (χ1n) is 18.5. The van der Waals surface area contributed by atoms with Gasteiger partial charge in [0.25, 0.3) is 5.56 Å². The monoisotopic (exact) mass is 781 g/mol. The van der Waals surface area contributed by atoms with Crippen LogP contribution < -0.4 is 21.5 Å². The molecule has 3 aliphatic carbocycles. The number of hydrogen-bond acceptors (Lipinski definition) is 11. The molecule has 3 aliphatic rings. The molecule has 0 saturated heterocycles. The largest absolute Gasteiger partial charge is 0.427 e. The van der Waals surface area contributed by atoms with Crippen molar-refractivity contribution in [2.75, 3.05) is 18.2 Å². The van der Waals surface area contributed by atoms with Crippen molar-refractivity contribution in [3.8, 4) is 6.07 Å². The minimum absolute atomic E-state index is 0.128. The minimum Gasteiger partial charge on any atom is -0.427 e. The minimum atomic E-state index is -1.06. The number of pyridine rings is 1. The number of hydrogen-bond donors (Lipinski definition) is 2. The molecular weight excluding hydrogens is 734 g/mol. The molecule has 0 aliphatic heterocycles. The lowest BCUT2D eigenvalue weighted by molar-refractivity contribution is -0.154. The van der Waals surface area contributed by atoms with Gasteiger partial charge in [-0.1, -0.05) is 63.6 Å². The van der Waals surface area contributed by atoms with Crippen molar-refractivity contribution >= 4 is 58.2 Å². The van der Waals surface area contributed by atoms with Gasteiger partial charge in [0.15, 0.2) is 0 Å². The van der Waals surface area contributed by atoms with Crippen LogP contribution in [0.15, 0.2) is 64.2 Å². The summed E-state index contributed by atoms with van der Waals surface area (Å²) >= 11 is 7.00. The van der Waals surface area contributed by atoms with Crippen LogP contribution in [-0.2, 0) is 26.9 Å². The summed E-state index contributed by atoms with van der Waals surface area (Å²) in [5.41, 5.74) is 8.08. The van der Waals surface area contributed by atoms with E-state index in [1.807, 2.05) is 16.9 Å². The number of rotatable bonds is 13. The molecule has 294 valence electrons. The number of nitrogens with zero attached hydrogens (tertiary/aromatic N) is 7. The normalized spacial score (nSPS) is 18.8. The number of amides is 1. The highest BCUT2D eigenvalue weighted by Gasteiger charge is 2.59. The van der Waals surface area contributed by atoms with Gasteiger partial charge < -0.3 is 25.1 Å². The number of nitrogens with two attached hydrogens (primary N) is 1. The van der Waals surface area contributed by atoms with Gasteiger partial charge in [0, 0.05) is 30.7 Å². The average Bonchev–Trinajstić information content (AvgIpc) is 3.58. The number of esters is 1. The molecule has 1 amide bonds. The molecule has 2 aromatic carbocycles. The molecule has 0 spiro atoms. The Balaban J connectivity index is 1.58. The number of aromatic nitrogens is 4. The number of halogens is 1. The molecule has 1 unspecified atom stereocenters. The molecule has 2 aromatic heterocycles. The third kappa shape index (κ3) is 7.66. The maximum atomic E-state index is 14.7. The van der Waals surface area contributed by atoms with E-state index in [9.17, 15) is 19.6 Å². The zero-order valence-electron chi connectivity index (χ0n) is 32.8. The average molecular weight is 782 g/mol. The molecule has 7 rings (SSSR count). The van der Waals surface area contributed by atoms with Gasteiger partial charge in [-0.15, -0.1) is 5.10 Å². The highest BCUT2D eigenvalue weighted by Crippen LogP contribution is 2.62. The fraction of sp³-hybridized carbons (Fsp3) is 0.439. The molecule has 3 N–H and O–H groups in total. The fourth-order valence-corrected chi connectivity index (χ4v) is 7.54. The zero-order valence-corrected chi connectivity index (χ0v) is 33.6. The van der Waals surface area contributed by atoms with Gasteiger partial charge >= 0.3 is 12.1 Å². The first-order valence-corrected chi connectivity index (χ1v) is 18.9. The molecule has 3 saturated carbocycles. The molecule has 2 bridgehead atoms. The predicted molar refractivity (Wildman–Crippen MR) is 215 cm³/mol. The second-order valence-electron chi connectivity index (χ2n) is 16.4. The standard InChI is InChI=1S/C41H48ClN9O5/c1-23(2)33(44)38(53)55-22-56-39(54)51(26-14-30(35(45-7)31(42)15-26)34(24(3)19-43)46-21-40(4,5)6)36(32-20-50(48-47-32)41-16-25(17-41)18-41)28-10-9-11-29-27(28)12-13-49(8)37(29)52/h9-15,20,23,25,33,36,46H,7,16-18,21-22,44H2,1-6,8H3/b34-24-/t25?,33?,36-,41?/m0/s1. The summed E-state index contributed by atoms with van der Waals surface area (Å²) in [4.78, 5) is 46.5. The molecule has 15 heteroatoms. The summed E-state index contributed by atoms with van der Waals surface area (Å²) in [6, 6.07) is 10.5. The van der Waals surface area contributed by atoms with E-state index < -0.39 is 30.9 Å². The Labute approximate surface area is 330 Å². The summed E-state index contributed by atoms with van der Waals surface area (Å²) in [6.07, 6.45) is 5.53. The second kappa shape index (κ2) is 15.5. The molecule has 2 atom stereocenters. The van der Waals surface area contributed by atoms with Crippen LogP contribution in [0.1, 0.15) is 83.7 Å². The van der Waals surface area contributed by atoms with Gasteiger partial charge in [-0.2, -0.15) is 5.26 Å². The molecular formula is C41H48ClN9O5. The summed E-state index contributed by atoms with van der Waals surface area (Å²) in [5, 5.41) is 23.9. The van der Waals surface area contributed by atoms with E-state index in [0.717, 1.165) is 19.3 Å². The van der Waals surface area contributed by atoms with E-state index in [2.05, 4.69) is 54.2 Å². The van der Waals surface area contributed by atoms with Gasteiger partial charge in [0.05, 0.1) is 45.5 Å². The number of nitriles is 1. The number of carbonyl (C=O) groups is 2. The molecule has 2 heterocycles. The lowest BCUT2D eigenvalue weighted by Gasteiger charge is -2.61. The fourth-order valence-electron chi connectivity index (χ4n) is 7.27. The number of anilines is 1. The molecule has 4 aromatic rings. The predicted octanol–water partition coefficient (Wildman–Crippen LogP) is 6.73. The van der Waals surface area contributed by atoms with E-state index in [0.29, 0.717) is 51.3 Å². The molecule has 0 radical (unpaired) electrons. The van der Waals surface area contributed by atoms with E-state index in [4.69, 9.17) is 26.8 Å². The van der Waals surface area contributed by atoms with Gasteiger partial charge in [-0.05, 0) is 85.4 Å². The smallest absolute Gasteiger partial charge is 0.418 e. The molecule has 14 nitrogen and oxygen atoms in total. The molecule has 56 heavy (non-hydrogen) atoms. The summed E-state index contributed by atoms with van der Waals surface area (Å²) in [5.74, 6) is -0.291. The van der Waals surface area contributed by atoms with Crippen LogP contribution in [0.4, 0.5) is 16.2 Å². The van der Waals surface area contributed by atoms with E-state index in [-0.39, 0.29) is 38.8 Å². The maximum absolute atomic E-state index is 14.7. The Morgan fingerprint density at radius 1 is 1.20 bits per heavy atom. The first kappa shape index (κ1) is 40.2. The van der Waals surface area contributed by atoms with Gasteiger partial charge in [0.2, 0.25) is 6.79 Å². The Hall–Kier alpha value is -5.52. The van der Waals surface area contributed by atoms with Crippen molar-refractivity contribution in [1.82, 2.24) is 24.9 Å². The Morgan fingerprint density at radius 2 is 1.91 bits per heavy atom. The number of ether oxygens (including phenoxy) is 2. The highest BCUT2D eigenvalue weighted by molar-refractivity contribution is 6.34. The van der Waals surface area contributed by atoms with Gasteiger partial charge in [-0.25, -0.2) is 9.48 Å². The quantitative estimate of drug-likeness (QED) is 0.0638. The summed E-state index contributed by atoms with van der Waals surface area (Å²) in [7, 11) is 1.66. The van der Waals surface area contributed by atoms with Crippen molar-refractivity contribution in [1.29, 1.82) is 5.26 Å². The molecule has 3 fully saturated rings. The summed E-state index contributed by atoms with van der Waals surface area (Å²) in [6.45, 7) is 14.9. The maximum Gasteiger partial charge on any atom is 0.418 e. The third-order valence-corrected chi connectivity index (χ3v) is 10.9. The van der Waals surface area contributed by atoms with Crippen LogP contribution in [0, 0.1) is 28.6 Å². The van der Waals surface area contributed by atoms with Crippen molar-refractivity contribution < 1.29 is 19.1 Å². The number of benzene rings is 2. The number of allylic oxidation sites excluding steroid dienone is 1. The van der Waals surface area contributed by atoms with Crippen LogP contribution >= 0.6 is 11.6 Å². The van der Waals surface area contributed by atoms with E-state index >= 15 is 0 Å². The van der Waals surface area contributed by atoms with Gasteiger partial charge in [-0.3, -0.25) is 19.5 Å². The third-order valence-electron chi connectivity index (χ3n) is 10.7. The van der Waals surface area contributed by atoms with Crippen molar-refractivity contribution in [3.05, 3.63) is 86.6 Å². The topological polar surface area (TPSA) is 183 Å². The van der Waals surface area contributed by atoms with Crippen LogP contribution in [0.5, 0.6) is 0 Å². The zero-order chi connectivity index (χ0) is 40.7. The van der Waals surface area contributed by atoms with Crippen LogP contribution in [0.3, 0.4) is 0 Å². The first-order chi connectivity index (χ1) is 26.5. The number of aryl methyl sites for hydroxylation is 1. The van der Waals surface area contributed by atoms with Crippen molar-refractivity contribution in [3.63, 3.8) is 0 Å². The van der Waals surface area contributed by atoms with Gasteiger partial charge in [0.1, 0.15) is 17.8 Å². The van der Waals surface area contributed by atoms with E-state index in [1.54, 1.807) is 64.3 Å². The lowest BCUT2D eigenvalue weighted by atomic mass is 9.50. The second-order valence-corrected chi connectivity index (χ2v) is 16.8. The van der Waals surface area contributed by atoms with E-state index in [1.165, 1.54) is 9.47 Å². The van der Waals surface area contributed by atoms with Crippen molar-refractivity contribution in [2.24, 2.45) is 35.0 Å². The number of carbonyl (C=O) groups excluding carboxylic acids is 2. The van der Waals surface area contributed by atoms with Crippen molar-refractivity contribution in [2.45, 2.75) is 78.4 Å². The SMILES string of the molecule is C=Nc1c(Cl)cc(N(C(=O)OCOC(=O)C(N)C(C)C)[C@H](c2cn(C34CC(C3)C4)nn2)c2cccc3c(=O)n(C)ccc23)cc1/C(NCC(C)(C)C)=C(\C)C#N. The Morgan fingerprint density at radius 3 is 2.52 bits per heavy atom. The Kier molecular flexibility index (Phi) is 11.1. The number of fused-ring (bicyclic) bond motifs is 1. The van der Waals surface area contributed by atoms with Crippen LogP contribution in [0.2, 0.25) is 5.02 Å². The number of aliphatic imine (C=N–C) groups is 1.